The van der Waals surface area contributed by atoms with Crippen molar-refractivity contribution in [3.63, 3.8) is 0 Å². The van der Waals surface area contributed by atoms with E-state index in [4.69, 9.17) is 9.47 Å². The van der Waals surface area contributed by atoms with Crippen LogP contribution in [0.3, 0.4) is 0 Å². The molecule has 1 amide bonds. The second-order valence-corrected chi connectivity index (χ2v) is 6.77. The number of carbonyl (C=O) groups is 1. The zero-order valence-corrected chi connectivity index (χ0v) is 15.7. The van der Waals surface area contributed by atoms with Gasteiger partial charge in [0.05, 0.1) is 46.0 Å². The highest BCUT2D eigenvalue weighted by Gasteiger charge is 2.26. The Hall–Kier alpha value is -2.53. The van der Waals surface area contributed by atoms with Crippen LogP contribution in [0.5, 0.6) is 11.5 Å². The number of aryl methyl sites for hydroxylation is 1. The summed E-state index contributed by atoms with van der Waals surface area (Å²) >= 11 is 0. The minimum Gasteiger partial charge on any atom is -0.497 e. The van der Waals surface area contributed by atoms with Gasteiger partial charge in [-0.1, -0.05) is 11.6 Å². The molecule has 1 saturated heterocycles. The number of quaternary nitrogens is 1. The molecule has 0 atom stereocenters. The molecule has 1 fully saturated rings. The Kier molecular flexibility index (Phi) is 5.78. The Morgan fingerprint density at radius 2 is 1.73 bits per heavy atom. The maximum Gasteiger partial charge on any atom is 0.258 e. The van der Waals surface area contributed by atoms with Crippen molar-refractivity contribution in [3.05, 3.63) is 59.2 Å². The first-order chi connectivity index (χ1) is 12.6. The number of ether oxygens (including phenoxy) is 2. The normalized spacial score (nSPS) is 15.0. The molecular formula is C21H27N2O3+. The molecule has 0 bridgehead atoms. The summed E-state index contributed by atoms with van der Waals surface area (Å²) in [6.07, 6.45) is 0. The third-order valence-corrected chi connectivity index (χ3v) is 4.96. The molecule has 0 aromatic heterocycles. The maximum absolute atomic E-state index is 12.9. The summed E-state index contributed by atoms with van der Waals surface area (Å²) in [6, 6.07) is 14.0. The molecule has 0 radical (unpaired) electrons. The Labute approximate surface area is 155 Å². The molecule has 1 N–H and O–H groups in total. The van der Waals surface area contributed by atoms with Crippen molar-refractivity contribution in [2.75, 3.05) is 40.4 Å². The van der Waals surface area contributed by atoms with Gasteiger partial charge >= 0.3 is 0 Å². The van der Waals surface area contributed by atoms with Crippen LogP contribution in [0, 0.1) is 6.92 Å². The standard InChI is InChI=1S/C21H26N2O3/c1-16-4-9-20(26-3)19(14-16)21(24)23-12-10-22(11-13-23)15-17-5-7-18(25-2)8-6-17/h4-9,14H,10-13,15H2,1-3H3/p+1. The average molecular weight is 355 g/mol. The van der Waals surface area contributed by atoms with Gasteiger partial charge in [0.15, 0.2) is 0 Å². The summed E-state index contributed by atoms with van der Waals surface area (Å²) in [5.41, 5.74) is 3.02. The first-order valence-corrected chi connectivity index (χ1v) is 9.01. The smallest absolute Gasteiger partial charge is 0.258 e. The van der Waals surface area contributed by atoms with E-state index in [-0.39, 0.29) is 5.91 Å². The fraction of sp³-hybridized carbons (Fsp3) is 0.381. The van der Waals surface area contributed by atoms with Crippen LogP contribution >= 0.6 is 0 Å². The van der Waals surface area contributed by atoms with Crippen molar-refractivity contribution < 1.29 is 19.2 Å². The van der Waals surface area contributed by atoms with Crippen molar-refractivity contribution in [1.29, 1.82) is 0 Å². The second-order valence-electron chi connectivity index (χ2n) is 6.77. The molecule has 5 heteroatoms. The molecule has 0 aliphatic carbocycles. The SMILES string of the molecule is COc1ccc(C[NH+]2CCN(C(=O)c3cc(C)ccc3OC)CC2)cc1. The van der Waals surface area contributed by atoms with Gasteiger partial charge in [-0.3, -0.25) is 4.79 Å². The van der Waals surface area contributed by atoms with E-state index in [1.165, 1.54) is 10.5 Å². The lowest BCUT2D eigenvalue weighted by Crippen LogP contribution is -3.13. The zero-order chi connectivity index (χ0) is 18.5. The van der Waals surface area contributed by atoms with E-state index in [0.717, 1.165) is 44.0 Å². The van der Waals surface area contributed by atoms with Gasteiger partial charge in [0.25, 0.3) is 5.91 Å². The molecule has 1 heterocycles. The molecule has 1 aliphatic heterocycles. The maximum atomic E-state index is 12.9. The zero-order valence-electron chi connectivity index (χ0n) is 15.7. The number of hydrogen-bond donors (Lipinski definition) is 1. The highest BCUT2D eigenvalue weighted by molar-refractivity contribution is 5.97. The lowest BCUT2D eigenvalue weighted by Gasteiger charge is -2.32. The Morgan fingerprint density at radius 1 is 1.04 bits per heavy atom. The molecule has 26 heavy (non-hydrogen) atoms. The molecule has 0 unspecified atom stereocenters. The minimum atomic E-state index is 0.0639. The number of hydrogen-bond acceptors (Lipinski definition) is 3. The average Bonchev–Trinajstić information content (AvgIpc) is 2.68. The number of carbonyl (C=O) groups excluding carboxylic acids is 1. The van der Waals surface area contributed by atoms with Crippen LogP contribution in [0.2, 0.25) is 0 Å². The monoisotopic (exact) mass is 355 g/mol. The number of nitrogens with one attached hydrogen (secondary N) is 1. The lowest BCUT2D eigenvalue weighted by molar-refractivity contribution is -0.917. The number of nitrogens with zero attached hydrogens (tertiary/aromatic N) is 1. The van der Waals surface area contributed by atoms with Gasteiger partial charge in [-0.2, -0.15) is 0 Å². The molecule has 2 aromatic rings. The molecule has 0 saturated carbocycles. The van der Waals surface area contributed by atoms with Crippen molar-refractivity contribution in [2.45, 2.75) is 13.5 Å². The van der Waals surface area contributed by atoms with Gasteiger partial charge in [-0.15, -0.1) is 0 Å². The van der Waals surface area contributed by atoms with Gasteiger partial charge in [0.1, 0.15) is 18.0 Å². The van der Waals surface area contributed by atoms with Crippen LogP contribution in [0.15, 0.2) is 42.5 Å². The van der Waals surface area contributed by atoms with E-state index in [1.807, 2.05) is 42.2 Å². The fourth-order valence-electron chi connectivity index (χ4n) is 3.39. The van der Waals surface area contributed by atoms with Crippen LogP contribution < -0.4 is 14.4 Å². The number of methoxy groups -OCH3 is 2. The van der Waals surface area contributed by atoms with E-state index in [2.05, 4.69) is 12.1 Å². The van der Waals surface area contributed by atoms with Gasteiger partial charge in [-0.25, -0.2) is 0 Å². The van der Waals surface area contributed by atoms with Crippen LogP contribution in [0.1, 0.15) is 21.5 Å². The third kappa shape index (κ3) is 4.17. The molecule has 3 rings (SSSR count). The van der Waals surface area contributed by atoms with Crippen LogP contribution in [-0.2, 0) is 6.54 Å². The second kappa shape index (κ2) is 8.23. The van der Waals surface area contributed by atoms with Gasteiger partial charge in [-0.05, 0) is 43.3 Å². The Bertz CT molecular complexity index is 750. The number of rotatable bonds is 5. The minimum absolute atomic E-state index is 0.0639. The molecular weight excluding hydrogens is 328 g/mol. The van der Waals surface area contributed by atoms with Crippen molar-refractivity contribution in [3.8, 4) is 11.5 Å². The van der Waals surface area contributed by atoms with Crippen molar-refractivity contribution in [1.82, 2.24) is 4.90 Å². The van der Waals surface area contributed by atoms with Crippen LogP contribution in [-0.4, -0.2) is 51.2 Å². The number of benzene rings is 2. The van der Waals surface area contributed by atoms with Crippen LogP contribution in [0.4, 0.5) is 0 Å². The van der Waals surface area contributed by atoms with E-state index < -0.39 is 0 Å². The summed E-state index contributed by atoms with van der Waals surface area (Å²) in [5, 5.41) is 0. The highest BCUT2D eigenvalue weighted by Crippen LogP contribution is 2.21. The molecule has 5 nitrogen and oxygen atoms in total. The predicted molar refractivity (Wildman–Crippen MR) is 101 cm³/mol. The van der Waals surface area contributed by atoms with Gasteiger partial charge < -0.3 is 19.3 Å². The lowest BCUT2D eigenvalue weighted by atomic mass is 10.1. The molecule has 2 aromatic carbocycles. The summed E-state index contributed by atoms with van der Waals surface area (Å²) in [6.45, 7) is 6.40. The van der Waals surface area contributed by atoms with E-state index in [1.54, 1.807) is 14.2 Å². The van der Waals surface area contributed by atoms with Gasteiger partial charge in [0, 0.05) is 5.56 Å². The highest BCUT2D eigenvalue weighted by atomic mass is 16.5. The van der Waals surface area contributed by atoms with Gasteiger partial charge in [0.2, 0.25) is 0 Å². The van der Waals surface area contributed by atoms with E-state index in [9.17, 15) is 4.79 Å². The van der Waals surface area contributed by atoms with Crippen LogP contribution in [0.25, 0.3) is 0 Å². The molecule has 138 valence electrons. The fourth-order valence-corrected chi connectivity index (χ4v) is 3.39. The summed E-state index contributed by atoms with van der Waals surface area (Å²) < 4.78 is 10.6. The Balaban J connectivity index is 1.59. The molecule has 1 aliphatic rings. The summed E-state index contributed by atoms with van der Waals surface area (Å²) in [7, 11) is 3.29. The summed E-state index contributed by atoms with van der Waals surface area (Å²) in [4.78, 5) is 16.3. The predicted octanol–water partition coefficient (Wildman–Crippen LogP) is 1.55. The Morgan fingerprint density at radius 3 is 2.35 bits per heavy atom. The largest absolute Gasteiger partial charge is 0.497 e. The van der Waals surface area contributed by atoms with Crippen molar-refractivity contribution >= 4 is 5.91 Å². The first kappa shape index (κ1) is 18.3. The summed E-state index contributed by atoms with van der Waals surface area (Å²) in [5.74, 6) is 1.59. The molecule has 0 spiro atoms. The van der Waals surface area contributed by atoms with E-state index in [0.29, 0.717) is 11.3 Å². The number of piperazine rings is 1. The van der Waals surface area contributed by atoms with Crippen molar-refractivity contribution in [2.24, 2.45) is 0 Å². The quantitative estimate of drug-likeness (QED) is 0.885. The topological polar surface area (TPSA) is 43.2 Å². The third-order valence-electron chi connectivity index (χ3n) is 4.96. The number of amides is 1. The first-order valence-electron chi connectivity index (χ1n) is 9.01. The van der Waals surface area contributed by atoms with E-state index >= 15 is 0 Å².